The number of hydrogen-bond donors (Lipinski definition) is 2. The first-order valence-corrected chi connectivity index (χ1v) is 5.69. The van der Waals surface area contributed by atoms with Crippen LogP contribution in [0.1, 0.15) is 25.8 Å². The van der Waals surface area contributed by atoms with E-state index in [1.807, 2.05) is 18.2 Å². The standard InChI is InChI=1S/C13H20N2O/c1-13(2)7-12(13)15-8-9-4-5-10(14)6-11(9)16-3/h4-6,12,15H,7-8,14H2,1-3H3. The van der Waals surface area contributed by atoms with E-state index in [9.17, 15) is 0 Å². The minimum atomic E-state index is 0.459. The Morgan fingerprint density at radius 3 is 2.75 bits per heavy atom. The minimum Gasteiger partial charge on any atom is -0.496 e. The molecule has 1 aromatic carbocycles. The van der Waals surface area contributed by atoms with Gasteiger partial charge in [0.25, 0.3) is 0 Å². The number of hydrogen-bond acceptors (Lipinski definition) is 3. The molecule has 0 saturated heterocycles. The van der Waals surface area contributed by atoms with E-state index in [1.54, 1.807) is 7.11 Å². The molecule has 16 heavy (non-hydrogen) atoms. The summed E-state index contributed by atoms with van der Waals surface area (Å²) in [6, 6.07) is 6.44. The van der Waals surface area contributed by atoms with E-state index in [4.69, 9.17) is 10.5 Å². The zero-order valence-electron chi connectivity index (χ0n) is 10.2. The van der Waals surface area contributed by atoms with Crippen LogP contribution in [0.25, 0.3) is 0 Å². The summed E-state index contributed by atoms with van der Waals surface area (Å²) in [6.07, 6.45) is 1.25. The van der Waals surface area contributed by atoms with Gasteiger partial charge >= 0.3 is 0 Å². The molecule has 3 nitrogen and oxygen atoms in total. The number of rotatable bonds is 4. The number of methoxy groups -OCH3 is 1. The Bertz CT molecular complexity index is 388. The van der Waals surface area contributed by atoms with Crippen molar-refractivity contribution in [1.82, 2.24) is 5.32 Å². The fraction of sp³-hybridized carbons (Fsp3) is 0.538. The Morgan fingerprint density at radius 2 is 2.19 bits per heavy atom. The van der Waals surface area contributed by atoms with Crippen LogP contribution in [-0.4, -0.2) is 13.2 Å². The van der Waals surface area contributed by atoms with Gasteiger partial charge < -0.3 is 15.8 Å². The van der Waals surface area contributed by atoms with Crippen LogP contribution in [0.3, 0.4) is 0 Å². The number of benzene rings is 1. The lowest BCUT2D eigenvalue weighted by Gasteiger charge is -2.11. The molecule has 0 heterocycles. The van der Waals surface area contributed by atoms with Crippen molar-refractivity contribution in [2.24, 2.45) is 5.41 Å². The van der Waals surface area contributed by atoms with Gasteiger partial charge in [0.2, 0.25) is 0 Å². The molecule has 1 saturated carbocycles. The van der Waals surface area contributed by atoms with Crippen LogP contribution in [-0.2, 0) is 6.54 Å². The SMILES string of the molecule is COc1cc(N)ccc1CNC1CC1(C)C. The van der Waals surface area contributed by atoms with Gasteiger partial charge in [0.15, 0.2) is 0 Å². The van der Waals surface area contributed by atoms with Crippen LogP contribution in [0.4, 0.5) is 5.69 Å². The molecule has 3 heteroatoms. The maximum atomic E-state index is 5.71. The van der Waals surface area contributed by atoms with Crippen molar-refractivity contribution < 1.29 is 4.74 Å². The van der Waals surface area contributed by atoms with Gasteiger partial charge in [-0.2, -0.15) is 0 Å². The van der Waals surface area contributed by atoms with Crippen LogP contribution < -0.4 is 15.8 Å². The van der Waals surface area contributed by atoms with Gasteiger partial charge in [0.1, 0.15) is 5.75 Å². The van der Waals surface area contributed by atoms with Gasteiger partial charge in [-0.15, -0.1) is 0 Å². The normalized spacial score (nSPS) is 21.8. The minimum absolute atomic E-state index is 0.459. The molecule has 0 radical (unpaired) electrons. The molecular formula is C13H20N2O. The molecule has 1 unspecified atom stereocenters. The quantitative estimate of drug-likeness (QED) is 0.764. The predicted molar refractivity (Wildman–Crippen MR) is 66.4 cm³/mol. The first-order chi connectivity index (χ1) is 7.53. The summed E-state index contributed by atoms with van der Waals surface area (Å²) in [5, 5.41) is 3.54. The molecule has 1 aliphatic rings. The highest BCUT2D eigenvalue weighted by Crippen LogP contribution is 2.44. The molecular weight excluding hydrogens is 200 g/mol. The third kappa shape index (κ3) is 2.30. The van der Waals surface area contributed by atoms with Gasteiger partial charge in [-0.1, -0.05) is 19.9 Å². The summed E-state index contributed by atoms with van der Waals surface area (Å²) >= 11 is 0. The number of anilines is 1. The zero-order valence-corrected chi connectivity index (χ0v) is 10.2. The van der Waals surface area contributed by atoms with Crippen LogP contribution in [0.2, 0.25) is 0 Å². The maximum absolute atomic E-state index is 5.71. The summed E-state index contributed by atoms with van der Waals surface area (Å²) in [6.45, 7) is 5.41. The molecule has 2 rings (SSSR count). The summed E-state index contributed by atoms with van der Waals surface area (Å²) in [7, 11) is 1.68. The molecule has 0 spiro atoms. The van der Waals surface area contributed by atoms with Crippen molar-refractivity contribution in [2.75, 3.05) is 12.8 Å². The summed E-state index contributed by atoms with van der Waals surface area (Å²) in [5.74, 6) is 0.867. The molecule has 1 aromatic rings. The number of nitrogens with two attached hydrogens (primary N) is 1. The predicted octanol–water partition coefficient (Wildman–Crippen LogP) is 2.17. The Hall–Kier alpha value is -1.22. The lowest BCUT2D eigenvalue weighted by Crippen LogP contribution is -2.20. The van der Waals surface area contributed by atoms with E-state index in [1.165, 1.54) is 12.0 Å². The van der Waals surface area contributed by atoms with E-state index < -0.39 is 0 Å². The van der Waals surface area contributed by atoms with Crippen molar-refractivity contribution in [2.45, 2.75) is 32.9 Å². The smallest absolute Gasteiger partial charge is 0.125 e. The molecule has 1 atom stereocenters. The van der Waals surface area contributed by atoms with E-state index in [2.05, 4.69) is 19.2 Å². The second kappa shape index (κ2) is 3.98. The van der Waals surface area contributed by atoms with Crippen LogP contribution in [0.15, 0.2) is 18.2 Å². The Kier molecular flexibility index (Phi) is 2.80. The van der Waals surface area contributed by atoms with Gasteiger partial charge in [0, 0.05) is 29.9 Å². The largest absolute Gasteiger partial charge is 0.496 e. The fourth-order valence-corrected chi connectivity index (χ4v) is 1.96. The number of nitrogen functional groups attached to an aromatic ring is 1. The molecule has 0 amide bonds. The second-order valence-electron chi connectivity index (χ2n) is 5.20. The lowest BCUT2D eigenvalue weighted by molar-refractivity contribution is 0.407. The van der Waals surface area contributed by atoms with Crippen molar-refractivity contribution >= 4 is 5.69 Å². The van der Waals surface area contributed by atoms with Crippen LogP contribution in [0.5, 0.6) is 5.75 Å². The van der Waals surface area contributed by atoms with E-state index in [0.29, 0.717) is 11.5 Å². The molecule has 0 bridgehead atoms. The van der Waals surface area contributed by atoms with Crippen molar-refractivity contribution in [1.29, 1.82) is 0 Å². The topological polar surface area (TPSA) is 47.3 Å². The lowest BCUT2D eigenvalue weighted by atomic mass is 10.1. The van der Waals surface area contributed by atoms with Gasteiger partial charge in [-0.05, 0) is 17.9 Å². The Balaban J connectivity index is 1.99. The molecule has 1 aliphatic carbocycles. The summed E-state index contributed by atoms with van der Waals surface area (Å²) < 4.78 is 5.31. The zero-order chi connectivity index (χ0) is 11.8. The fourth-order valence-electron chi connectivity index (χ4n) is 1.96. The van der Waals surface area contributed by atoms with E-state index in [0.717, 1.165) is 18.0 Å². The Labute approximate surface area is 97.0 Å². The summed E-state index contributed by atoms with van der Waals surface area (Å²) in [4.78, 5) is 0. The first kappa shape index (κ1) is 11.3. The maximum Gasteiger partial charge on any atom is 0.125 e. The average Bonchev–Trinajstić information content (AvgIpc) is 2.84. The van der Waals surface area contributed by atoms with Gasteiger partial charge in [-0.3, -0.25) is 0 Å². The van der Waals surface area contributed by atoms with Crippen molar-refractivity contribution in [3.05, 3.63) is 23.8 Å². The van der Waals surface area contributed by atoms with Crippen molar-refractivity contribution in [3.8, 4) is 5.75 Å². The molecule has 88 valence electrons. The highest BCUT2D eigenvalue weighted by molar-refractivity contribution is 5.48. The number of nitrogens with one attached hydrogen (secondary N) is 1. The highest BCUT2D eigenvalue weighted by atomic mass is 16.5. The molecule has 0 aromatic heterocycles. The molecule has 0 aliphatic heterocycles. The van der Waals surface area contributed by atoms with Crippen LogP contribution in [0, 0.1) is 5.41 Å². The number of ether oxygens (including phenoxy) is 1. The second-order valence-corrected chi connectivity index (χ2v) is 5.20. The average molecular weight is 220 g/mol. The monoisotopic (exact) mass is 220 g/mol. The van der Waals surface area contributed by atoms with Gasteiger partial charge in [-0.25, -0.2) is 0 Å². The first-order valence-electron chi connectivity index (χ1n) is 5.69. The molecule has 3 N–H and O–H groups in total. The van der Waals surface area contributed by atoms with Gasteiger partial charge in [0.05, 0.1) is 7.11 Å². The van der Waals surface area contributed by atoms with E-state index in [-0.39, 0.29) is 0 Å². The molecule has 1 fully saturated rings. The third-order valence-corrected chi connectivity index (χ3v) is 3.36. The Morgan fingerprint density at radius 1 is 1.50 bits per heavy atom. The summed E-state index contributed by atoms with van der Waals surface area (Å²) in [5.41, 5.74) is 8.08. The third-order valence-electron chi connectivity index (χ3n) is 3.36. The van der Waals surface area contributed by atoms with Crippen LogP contribution >= 0.6 is 0 Å². The van der Waals surface area contributed by atoms with E-state index >= 15 is 0 Å². The van der Waals surface area contributed by atoms with Crippen molar-refractivity contribution in [3.63, 3.8) is 0 Å². The highest BCUT2D eigenvalue weighted by Gasteiger charge is 2.45.